The molecule has 4 rings (SSSR count). The van der Waals surface area contributed by atoms with Gasteiger partial charge in [0.05, 0.1) is 10.6 Å². The number of nitrogens with zero attached hydrogens (tertiary/aromatic N) is 2. The molecule has 4 aromatic rings. The van der Waals surface area contributed by atoms with Crippen molar-refractivity contribution in [1.29, 1.82) is 0 Å². The Kier molecular flexibility index (Phi) is 3.84. The molecule has 0 unspecified atom stereocenters. The first-order valence-electron chi connectivity index (χ1n) is 7.65. The van der Waals surface area contributed by atoms with Crippen LogP contribution in [0.25, 0.3) is 15.8 Å². The molecule has 1 N–H and O–H groups in total. The quantitative estimate of drug-likeness (QED) is 0.613. The maximum atomic E-state index is 12.3. The highest BCUT2D eigenvalue weighted by molar-refractivity contribution is 7.20. The van der Waals surface area contributed by atoms with Gasteiger partial charge in [-0.25, -0.2) is 4.68 Å². The lowest BCUT2D eigenvalue weighted by Gasteiger charge is -2.06. The molecule has 0 saturated heterocycles. The fourth-order valence-electron chi connectivity index (χ4n) is 2.55. The van der Waals surface area contributed by atoms with Crippen molar-refractivity contribution in [3.05, 3.63) is 83.5 Å². The normalized spacial score (nSPS) is 10.8. The predicted molar refractivity (Wildman–Crippen MR) is 96.6 cm³/mol. The third-order valence-corrected chi connectivity index (χ3v) is 4.92. The maximum Gasteiger partial charge on any atom is 0.261 e. The summed E-state index contributed by atoms with van der Waals surface area (Å²) in [5, 5.41) is 8.29. The van der Waals surface area contributed by atoms with Crippen LogP contribution < -0.4 is 5.32 Å². The highest BCUT2D eigenvalue weighted by Crippen LogP contribution is 2.25. The lowest BCUT2D eigenvalue weighted by atomic mass is 10.2. The summed E-state index contributed by atoms with van der Waals surface area (Å²) in [5.41, 5.74) is 2.06. The number of carbonyl (C=O) groups is 1. The summed E-state index contributed by atoms with van der Waals surface area (Å²) in [6, 6.07) is 19.8. The maximum absolute atomic E-state index is 12.3. The minimum absolute atomic E-state index is 0.0349. The molecular formula is C19H15N3OS. The molecule has 0 radical (unpaired) electrons. The summed E-state index contributed by atoms with van der Waals surface area (Å²) in [7, 11) is 0. The standard InChI is InChI=1S/C19H15N3OS/c23-19(18-12-15-4-1-2-5-17(15)24-18)20-13-14-6-8-16(9-7-14)22-11-3-10-21-22/h1-12H,13H2,(H,20,23). The van der Waals surface area contributed by atoms with Crippen LogP contribution in [0.3, 0.4) is 0 Å². The molecule has 0 aliphatic rings. The fourth-order valence-corrected chi connectivity index (χ4v) is 3.53. The zero-order valence-electron chi connectivity index (χ0n) is 12.8. The molecule has 1 amide bonds. The average molecular weight is 333 g/mol. The fraction of sp³-hybridized carbons (Fsp3) is 0.0526. The van der Waals surface area contributed by atoms with Crippen LogP contribution in [0.2, 0.25) is 0 Å². The summed E-state index contributed by atoms with van der Waals surface area (Å²) < 4.78 is 2.94. The molecule has 0 aliphatic carbocycles. The molecular weight excluding hydrogens is 318 g/mol. The van der Waals surface area contributed by atoms with Gasteiger partial charge in [0.1, 0.15) is 0 Å². The topological polar surface area (TPSA) is 46.9 Å². The Balaban J connectivity index is 1.43. The summed E-state index contributed by atoms with van der Waals surface area (Å²) in [4.78, 5) is 13.1. The molecule has 2 aromatic heterocycles. The molecule has 4 nitrogen and oxygen atoms in total. The van der Waals surface area contributed by atoms with Crippen LogP contribution in [0.5, 0.6) is 0 Å². The number of benzene rings is 2. The van der Waals surface area contributed by atoms with Crippen molar-refractivity contribution >= 4 is 27.3 Å². The molecule has 0 spiro atoms. The van der Waals surface area contributed by atoms with Crippen LogP contribution in [-0.4, -0.2) is 15.7 Å². The van der Waals surface area contributed by atoms with Gasteiger partial charge in [0, 0.05) is 23.6 Å². The summed E-state index contributed by atoms with van der Waals surface area (Å²) in [6.45, 7) is 0.506. The number of hydrogen-bond acceptors (Lipinski definition) is 3. The van der Waals surface area contributed by atoms with E-state index in [9.17, 15) is 4.79 Å². The summed E-state index contributed by atoms with van der Waals surface area (Å²) >= 11 is 1.52. The highest BCUT2D eigenvalue weighted by atomic mass is 32.1. The van der Waals surface area contributed by atoms with E-state index in [4.69, 9.17) is 0 Å². The van der Waals surface area contributed by atoms with Crippen molar-refractivity contribution in [2.45, 2.75) is 6.54 Å². The largest absolute Gasteiger partial charge is 0.347 e. The first-order chi connectivity index (χ1) is 11.8. The first-order valence-corrected chi connectivity index (χ1v) is 8.47. The molecule has 0 saturated carbocycles. The Bertz CT molecular complexity index is 938. The van der Waals surface area contributed by atoms with E-state index in [1.807, 2.05) is 66.9 Å². The number of nitrogens with one attached hydrogen (secondary N) is 1. The monoisotopic (exact) mass is 333 g/mol. The SMILES string of the molecule is O=C(NCc1ccc(-n2cccn2)cc1)c1cc2ccccc2s1. The van der Waals surface area contributed by atoms with Crippen LogP contribution in [-0.2, 0) is 6.54 Å². The average Bonchev–Trinajstić information content (AvgIpc) is 3.29. The molecule has 118 valence electrons. The second-order valence-corrected chi connectivity index (χ2v) is 6.53. The van der Waals surface area contributed by atoms with Gasteiger partial charge in [-0.1, -0.05) is 30.3 Å². The van der Waals surface area contributed by atoms with Crippen LogP contribution in [0.15, 0.2) is 73.1 Å². The van der Waals surface area contributed by atoms with Crippen molar-refractivity contribution in [3.8, 4) is 5.69 Å². The van der Waals surface area contributed by atoms with Crippen LogP contribution in [0.1, 0.15) is 15.2 Å². The Morgan fingerprint density at radius 2 is 1.92 bits per heavy atom. The molecule has 0 atom stereocenters. The number of rotatable bonds is 4. The number of thiophene rings is 1. The van der Waals surface area contributed by atoms with E-state index in [1.54, 1.807) is 10.9 Å². The minimum Gasteiger partial charge on any atom is -0.347 e. The van der Waals surface area contributed by atoms with E-state index in [0.717, 1.165) is 26.2 Å². The number of aromatic nitrogens is 2. The van der Waals surface area contributed by atoms with Gasteiger partial charge in [-0.2, -0.15) is 5.10 Å². The molecule has 2 aromatic carbocycles. The van der Waals surface area contributed by atoms with Gasteiger partial charge >= 0.3 is 0 Å². The zero-order chi connectivity index (χ0) is 16.4. The van der Waals surface area contributed by atoms with Crippen molar-refractivity contribution < 1.29 is 4.79 Å². The minimum atomic E-state index is -0.0349. The lowest BCUT2D eigenvalue weighted by molar-refractivity contribution is 0.0955. The van der Waals surface area contributed by atoms with Gasteiger partial charge in [0.2, 0.25) is 0 Å². The summed E-state index contributed by atoms with van der Waals surface area (Å²) in [6.07, 6.45) is 3.65. The number of fused-ring (bicyclic) bond motifs is 1. The third-order valence-electron chi connectivity index (χ3n) is 3.81. The Morgan fingerprint density at radius 1 is 1.08 bits per heavy atom. The van der Waals surface area contributed by atoms with E-state index in [0.29, 0.717) is 6.54 Å². The van der Waals surface area contributed by atoms with Crippen LogP contribution >= 0.6 is 11.3 Å². The van der Waals surface area contributed by atoms with Gasteiger partial charge in [0.25, 0.3) is 5.91 Å². The van der Waals surface area contributed by atoms with Crippen molar-refractivity contribution in [1.82, 2.24) is 15.1 Å². The predicted octanol–water partition coefficient (Wildman–Crippen LogP) is 4.02. The van der Waals surface area contributed by atoms with Crippen molar-refractivity contribution in [2.75, 3.05) is 0 Å². The number of amides is 1. The van der Waals surface area contributed by atoms with E-state index in [2.05, 4.69) is 10.4 Å². The van der Waals surface area contributed by atoms with E-state index in [-0.39, 0.29) is 5.91 Å². The van der Waals surface area contributed by atoms with E-state index in [1.165, 1.54) is 11.3 Å². The first kappa shape index (κ1) is 14.7. The van der Waals surface area contributed by atoms with Crippen molar-refractivity contribution in [2.24, 2.45) is 0 Å². The molecule has 0 fully saturated rings. The number of hydrogen-bond donors (Lipinski definition) is 1. The molecule has 24 heavy (non-hydrogen) atoms. The van der Waals surface area contributed by atoms with Gasteiger partial charge in [0.15, 0.2) is 0 Å². The second-order valence-electron chi connectivity index (χ2n) is 5.45. The van der Waals surface area contributed by atoms with Crippen molar-refractivity contribution in [3.63, 3.8) is 0 Å². The summed E-state index contributed by atoms with van der Waals surface area (Å²) in [5.74, 6) is -0.0349. The molecule has 2 heterocycles. The molecule has 0 bridgehead atoms. The Morgan fingerprint density at radius 3 is 2.67 bits per heavy atom. The van der Waals surface area contributed by atoms with Crippen LogP contribution in [0, 0.1) is 0 Å². The Labute approximate surface area is 143 Å². The van der Waals surface area contributed by atoms with E-state index >= 15 is 0 Å². The smallest absolute Gasteiger partial charge is 0.261 e. The Hall–Kier alpha value is -2.92. The highest BCUT2D eigenvalue weighted by Gasteiger charge is 2.09. The van der Waals surface area contributed by atoms with E-state index < -0.39 is 0 Å². The number of carbonyl (C=O) groups excluding carboxylic acids is 1. The van der Waals surface area contributed by atoms with Crippen LogP contribution in [0.4, 0.5) is 0 Å². The van der Waals surface area contributed by atoms with Gasteiger partial charge in [-0.15, -0.1) is 11.3 Å². The van der Waals surface area contributed by atoms with Gasteiger partial charge in [-0.3, -0.25) is 4.79 Å². The van der Waals surface area contributed by atoms with Gasteiger partial charge < -0.3 is 5.32 Å². The zero-order valence-corrected chi connectivity index (χ0v) is 13.7. The third kappa shape index (κ3) is 2.94. The second kappa shape index (κ2) is 6.29. The van der Waals surface area contributed by atoms with Gasteiger partial charge in [-0.05, 0) is 41.3 Å². The molecule has 0 aliphatic heterocycles. The lowest BCUT2D eigenvalue weighted by Crippen LogP contribution is -2.21. The molecule has 5 heteroatoms.